The maximum absolute atomic E-state index is 12.4. The zero-order valence-corrected chi connectivity index (χ0v) is 14.5. The molecule has 7 nitrogen and oxygen atoms in total. The number of carboxylic acids is 1. The molecule has 0 saturated carbocycles. The van der Waals surface area contributed by atoms with E-state index in [1.807, 2.05) is 13.8 Å². The Morgan fingerprint density at radius 2 is 2.21 bits per heavy atom. The monoisotopic (exact) mass is 348 g/mol. The molecule has 1 amide bonds. The molecule has 2 N–H and O–H groups in total. The number of carbonyl (C=O) groups is 2. The van der Waals surface area contributed by atoms with Gasteiger partial charge < -0.3 is 15.3 Å². The number of rotatable bonds is 4. The SMILES string of the molecule is Cc1sc2ncnc(NCC(=O)N3CCCC(C(=O)O)C3)c2c1C. The lowest BCUT2D eigenvalue weighted by Gasteiger charge is -2.30. The summed E-state index contributed by atoms with van der Waals surface area (Å²) in [4.78, 5) is 35.8. The van der Waals surface area contributed by atoms with E-state index in [0.29, 0.717) is 18.8 Å². The summed E-state index contributed by atoms with van der Waals surface area (Å²) in [7, 11) is 0. The van der Waals surface area contributed by atoms with Gasteiger partial charge in [-0.3, -0.25) is 9.59 Å². The van der Waals surface area contributed by atoms with Crippen molar-refractivity contribution in [3.05, 3.63) is 16.8 Å². The Labute approximate surface area is 143 Å². The smallest absolute Gasteiger partial charge is 0.308 e. The molecule has 2 aromatic heterocycles. The number of amides is 1. The highest BCUT2D eigenvalue weighted by Crippen LogP contribution is 2.32. The number of hydrogen-bond acceptors (Lipinski definition) is 6. The minimum atomic E-state index is -0.831. The van der Waals surface area contributed by atoms with Crippen molar-refractivity contribution >= 4 is 39.2 Å². The first-order valence-corrected chi connectivity index (χ1v) is 8.74. The molecule has 1 aliphatic heterocycles. The van der Waals surface area contributed by atoms with Gasteiger partial charge in [0, 0.05) is 18.0 Å². The number of nitrogens with zero attached hydrogens (tertiary/aromatic N) is 3. The van der Waals surface area contributed by atoms with Crippen LogP contribution in [0.15, 0.2) is 6.33 Å². The molecule has 0 bridgehead atoms. The molecule has 1 aliphatic rings. The number of likely N-dealkylation sites (tertiary alicyclic amines) is 1. The van der Waals surface area contributed by atoms with Gasteiger partial charge in [0.1, 0.15) is 17.0 Å². The summed E-state index contributed by atoms with van der Waals surface area (Å²) in [6.07, 6.45) is 2.85. The number of carbonyl (C=O) groups excluding carboxylic acids is 1. The van der Waals surface area contributed by atoms with Gasteiger partial charge in [0.25, 0.3) is 0 Å². The average molecular weight is 348 g/mol. The standard InChI is InChI=1S/C16H20N4O3S/c1-9-10(2)24-15-13(9)14(18-8-19-15)17-6-12(21)20-5-3-4-11(7-20)16(22)23/h8,11H,3-7H2,1-2H3,(H,22,23)(H,17,18,19). The van der Waals surface area contributed by atoms with Gasteiger partial charge in [0.05, 0.1) is 17.8 Å². The molecular formula is C16H20N4O3S. The molecule has 1 fully saturated rings. The van der Waals surface area contributed by atoms with Crippen molar-refractivity contribution in [2.45, 2.75) is 26.7 Å². The summed E-state index contributed by atoms with van der Waals surface area (Å²) in [5.41, 5.74) is 1.12. The summed E-state index contributed by atoms with van der Waals surface area (Å²) in [5.74, 6) is -0.739. The lowest BCUT2D eigenvalue weighted by atomic mass is 9.98. The third-order valence-corrected chi connectivity index (χ3v) is 5.61. The molecule has 1 atom stereocenters. The molecule has 3 heterocycles. The normalized spacial score (nSPS) is 17.9. The van der Waals surface area contributed by atoms with Crippen LogP contribution in [0.25, 0.3) is 10.2 Å². The van der Waals surface area contributed by atoms with Crippen LogP contribution in [0.3, 0.4) is 0 Å². The van der Waals surface area contributed by atoms with Gasteiger partial charge in [0.2, 0.25) is 5.91 Å². The van der Waals surface area contributed by atoms with Crippen LogP contribution >= 0.6 is 11.3 Å². The van der Waals surface area contributed by atoms with Gasteiger partial charge in [-0.15, -0.1) is 11.3 Å². The predicted octanol–water partition coefficient (Wildman–Crippen LogP) is 2.04. The van der Waals surface area contributed by atoms with Crippen LogP contribution in [-0.2, 0) is 9.59 Å². The zero-order valence-electron chi connectivity index (χ0n) is 13.7. The summed E-state index contributed by atoms with van der Waals surface area (Å²) in [6, 6.07) is 0. The third-order valence-electron chi connectivity index (χ3n) is 4.50. The van der Waals surface area contributed by atoms with Crippen LogP contribution in [-0.4, -0.2) is 51.5 Å². The fraction of sp³-hybridized carbons (Fsp3) is 0.500. The van der Waals surface area contributed by atoms with Crippen LogP contribution in [0.1, 0.15) is 23.3 Å². The van der Waals surface area contributed by atoms with E-state index in [4.69, 9.17) is 5.11 Å². The molecule has 8 heteroatoms. The predicted molar refractivity (Wildman–Crippen MR) is 92.3 cm³/mol. The van der Waals surface area contributed by atoms with Gasteiger partial charge in [-0.2, -0.15) is 0 Å². The molecule has 1 saturated heterocycles. The number of piperidine rings is 1. The number of aromatic nitrogens is 2. The van der Waals surface area contributed by atoms with Crippen LogP contribution in [0.2, 0.25) is 0 Å². The lowest BCUT2D eigenvalue weighted by Crippen LogP contribution is -2.44. The zero-order chi connectivity index (χ0) is 17.3. The number of anilines is 1. The minimum absolute atomic E-state index is 0.0997. The molecule has 2 aromatic rings. The number of aliphatic carboxylic acids is 1. The van der Waals surface area contributed by atoms with Crippen molar-refractivity contribution in [1.82, 2.24) is 14.9 Å². The Hall–Kier alpha value is -2.22. The molecule has 0 aromatic carbocycles. The highest BCUT2D eigenvalue weighted by Gasteiger charge is 2.28. The van der Waals surface area contributed by atoms with E-state index in [0.717, 1.165) is 22.2 Å². The summed E-state index contributed by atoms with van der Waals surface area (Å²) in [5, 5.41) is 13.2. The molecular weight excluding hydrogens is 328 g/mol. The second-order valence-corrected chi connectivity index (χ2v) is 7.26. The topological polar surface area (TPSA) is 95.4 Å². The van der Waals surface area contributed by atoms with Crippen molar-refractivity contribution in [1.29, 1.82) is 0 Å². The Morgan fingerprint density at radius 3 is 2.96 bits per heavy atom. The molecule has 24 heavy (non-hydrogen) atoms. The number of thiophene rings is 1. The first-order valence-electron chi connectivity index (χ1n) is 7.92. The van der Waals surface area contributed by atoms with E-state index in [9.17, 15) is 9.59 Å². The minimum Gasteiger partial charge on any atom is -0.481 e. The molecule has 3 rings (SSSR count). The van der Waals surface area contributed by atoms with Crippen molar-refractivity contribution < 1.29 is 14.7 Å². The van der Waals surface area contributed by atoms with E-state index >= 15 is 0 Å². The first-order chi connectivity index (χ1) is 11.5. The van der Waals surface area contributed by atoms with Gasteiger partial charge in [-0.05, 0) is 32.3 Å². The molecule has 128 valence electrons. The van der Waals surface area contributed by atoms with Gasteiger partial charge in [-0.25, -0.2) is 9.97 Å². The Balaban J connectivity index is 1.70. The maximum atomic E-state index is 12.4. The van der Waals surface area contributed by atoms with Crippen LogP contribution in [0, 0.1) is 19.8 Å². The van der Waals surface area contributed by atoms with Crippen molar-refractivity contribution in [3.63, 3.8) is 0 Å². The quantitative estimate of drug-likeness (QED) is 0.878. The van der Waals surface area contributed by atoms with E-state index in [1.54, 1.807) is 16.2 Å². The van der Waals surface area contributed by atoms with Crippen LogP contribution < -0.4 is 5.32 Å². The van der Waals surface area contributed by atoms with Crippen LogP contribution in [0.5, 0.6) is 0 Å². The van der Waals surface area contributed by atoms with Crippen molar-refractivity contribution in [2.24, 2.45) is 5.92 Å². The molecule has 0 radical (unpaired) electrons. The molecule has 1 unspecified atom stereocenters. The van der Waals surface area contributed by atoms with Gasteiger partial charge in [0.15, 0.2) is 0 Å². The van der Waals surface area contributed by atoms with E-state index in [1.165, 1.54) is 11.2 Å². The highest BCUT2D eigenvalue weighted by molar-refractivity contribution is 7.18. The average Bonchev–Trinajstić information content (AvgIpc) is 2.87. The van der Waals surface area contributed by atoms with E-state index in [2.05, 4.69) is 15.3 Å². The number of hydrogen-bond donors (Lipinski definition) is 2. The fourth-order valence-electron chi connectivity index (χ4n) is 2.99. The third kappa shape index (κ3) is 3.19. The largest absolute Gasteiger partial charge is 0.481 e. The summed E-state index contributed by atoms with van der Waals surface area (Å²) >= 11 is 1.61. The van der Waals surface area contributed by atoms with E-state index in [-0.39, 0.29) is 19.0 Å². The number of aryl methyl sites for hydroxylation is 2. The van der Waals surface area contributed by atoms with Gasteiger partial charge >= 0.3 is 5.97 Å². The number of nitrogens with one attached hydrogen (secondary N) is 1. The van der Waals surface area contributed by atoms with Gasteiger partial charge in [-0.1, -0.05) is 0 Å². The van der Waals surface area contributed by atoms with Crippen molar-refractivity contribution in [3.8, 4) is 0 Å². The lowest BCUT2D eigenvalue weighted by molar-refractivity contribution is -0.145. The van der Waals surface area contributed by atoms with Crippen molar-refractivity contribution in [2.75, 3.05) is 25.0 Å². The van der Waals surface area contributed by atoms with E-state index < -0.39 is 11.9 Å². The number of fused-ring (bicyclic) bond motifs is 1. The maximum Gasteiger partial charge on any atom is 0.308 e. The second kappa shape index (κ2) is 6.72. The molecule has 0 aliphatic carbocycles. The summed E-state index contributed by atoms with van der Waals surface area (Å²) in [6.45, 7) is 5.06. The number of carboxylic acid groups (broad SMARTS) is 1. The first kappa shape index (κ1) is 16.6. The Kier molecular flexibility index (Phi) is 4.66. The van der Waals surface area contributed by atoms with Crippen LogP contribution in [0.4, 0.5) is 5.82 Å². The second-order valence-electron chi connectivity index (χ2n) is 6.06. The molecule has 0 spiro atoms. The Bertz CT molecular complexity index is 789. The Morgan fingerprint density at radius 1 is 1.42 bits per heavy atom. The highest BCUT2D eigenvalue weighted by atomic mass is 32.1. The summed E-state index contributed by atoms with van der Waals surface area (Å²) < 4.78 is 0. The fourth-order valence-corrected chi connectivity index (χ4v) is 3.99.